The number of fused-ring (bicyclic) bond motifs is 1. The summed E-state index contributed by atoms with van der Waals surface area (Å²) >= 11 is 5.85. The Kier molecular flexibility index (Phi) is 7.22. The van der Waals surface area contributed by atoms with Gasteiger partial charge < -0.3 is 19.9 Å². The van der Waals surface area contributed by atoms with Crippen LogP contribution in [0.25, 0.3) is 10.9 Å². The van der Waals surface area contributed by atoms with Gasteiger partial charge in [-0.25, -0.2) is 0 Å². The van der Waals surface area contributed by atoms with Crippen molar-refractivity contribution in [2.75, 3.05) is 12.4 Å². The van der Waals surface area contributed by atoms with Gasteiger partial charge in [-0.1, -0.05) is 29.8 Å². The van der Waals surface area contributed by atoms with Crippen molar-refractivity contribution in [3.05, 3.63) is 104 Å². The van der Waals surface area contributed by atoms with Crippen LogP contribution in [0.2, 0.25) is 0 Å². The van der Waals surface area contributed by atoms with Crippen LogP contribution >= 0.6 is 12.2 Å². The highest BCUT2D eigenvalue weighted by Crippen LogP contribution is 2.21. The van der Waals surface area contributed by atoms with Gasteiger partial charge in [0.05, 0.1) is 13.7 Å². The number of hydrogen-bond donors (Lipinski definition) is 2. The number of ether oxygens (including phenoxy) is 1. The van der Waals surface area contributed by atoms with Crippen LogP contribution in [0.4, 0.5) is 5.69 Å². The Morgan fingerprint density at radius 2 is 1.63 bits per heavy atom. The summed E-state index contributed by atoms with van der Waals surface area (Å²) in [6, 6.07) is 20.2. The van der Waals surface area contributed by atoms with Gasteiger partial charge in [-0.15, -0.1) is 0 Å². The average molecular weight is 486 g/mol. The van der Waals surface area contributed by atoms with E-state index < -0.39 is 0 Å². The van der Waals surface area contributed by atoms with E-state index in [0.717, 1.165) is 39.0 Å². The average Bonchev–Trinajstić information content (AvgIpc) is 2.82. The second kappa shape index (κ2) is 10.3. The SMILES string of the molecule is COc1ccc(CN(Cc2cc3cc(C)c(C)cc3[nH]c2=O)C(=S)Nc2ccc(C)cc2C)cc1. The lowest BCUT2D eigenvalue weighted by Gasteiger charge is -2.27. The molecule has 0 fully saturated rings. The molecule has 0 spiro atoms. The molecule has 35 heavy (non-hydrogen) atoms. The van der Waals surface area contributed by atoms with Crippen molar-refractivity contribution in [3.63, 3.8) is 0 Å². The zero-order valence-corrected chi connectivity index (χ0v) is 21.7. The quantitative estimate of drug-likeness (QED) is 0.320. The molecule has 3 aromatic carbocycles. The standard InChI is InChI=1S/C29H31N3O2S/c1-18-6-11-26(21(4)12-18)31-29(35)32(16-22-7-9-25(34-5)10-8-22)17-24-15-23-13-19(2)20(3)14-27(23)30-28(24)33/h6-15H,16-17H2,1-5H3,(H,30,33)(H,31,35). The summed E-state index contributed by atoms with van der Waals surface area (Å²) in [5.74, 6) is 0.799. The Hall–Kier alpha value is -3.64. The highest BCUT2D eigenvalue weighted by Gasteiger charge is 2.16. The molecule has 2 N–H and O–H groups in total. The smallest absolute Gasteiger partial charge is 0.253 e. The minimum absolute atomic E-state index is 0.102. The van der Waals surface area contributed by atoms with Crippen molar-refractivity contribution >= 4 is 33.9 Å². The van der Waals surface area contributed by atoms with E-state index in [2.05, 4.69) is 56.2 Å². The maximum atomic E-state index is 13.0. The van der Waals surface area contributed by atoms with E-state index in [4.69, 9.17) is 17.0 Å². The molecule has 5 nitrogen and oxygen atoms in total. The van der Waals surface area contributed by atoms with Gasteiger partial charge in [-0.3, -0.25) is 4.79 Å². The van der Waals surface area contributed by atoms with Crippen LogP contribution in [-0.4, -0.2) is 22.1 Å². The van der Waals surface area contributed by atoms with Crippen LogP contribution < -0.4 is 15.6 Å². The van der Waals surface area contributed by atoms with Gasteiger partial charge in [0, 0.05) is 23.3 Å². The highest BCUT2D eigenvalue weighted by molar-refractivity contribution is 7.80. The molecule has 0 aliphatic rings. The fourth-order valence-corrected chi connectivity index (χ4v) is 4.38. The highest BCUT2D eigenvalue weighted by atomic mass is 32.1. The number of H-pyrrole nitrogens is 1. The molecule has 0 atom stereocenters. The minimum Gasteiger partial charge on any atom is -0.497 e. The molecule has 0 amide bonds. The van der Waals surface area contributed by atoms with Crippen LogP contribution in [0.5, 0.6) is 5.75 Å². The van der Waals surface area contributed by atoms with Crippen LogP contribution in [-0.2, 0) is 13.1 Å². The van der Waals surface area contributed by atoms with Gasteiger partial charge in [0.15, 0.2) is 5.11 Å². The van der Waals surface area contributed by atoms with Crippen molar-refractivity contribution in [2.24, 2.45) is 0 Å². The Balaban J connectivity index is 1.67. The molecule has 4 rings (SSSR count). The van der Waals surface area contributed by atoms with E-state index in [9.17, 15) is 4.79 Å². The molecule has 0 aliphatic heterocycles. The summed E-state index contributed by atoms with van der Waals surface area (Å²) < 4.78 is 5.30. The van der Waals surface area contributed by atoms with Gasteiger partial charge in [0.1, 0.15) is 5.75 Å². The molecule has 0 saturated heterocycles. The lowest BCUT2D eigenvalue weighted by atomic mass is 10.0. The third kappa shape index (κ3) is 5.72. The zero-order valence-electron chi connectivity index (χ0n) is 20.9. The summed E-state index contributed by atoms with van der Waals surface area (Å²) in [5.41, 5.74) is 8.10. The third-order valence-corrected chi connectivity index (χ3v) is 6.70. The second-order valence-electron chi connectivity index (χ2n) is 9.10. The van der Waals surface area contributed by atoms with E-state index in [-0.39, 0.29) is 5.56 Å². The second-order valence-corrected chi connectivity index (χ2v) is 9.49. The number of anilines is 1. The number of thiocarbonyl (C=S) groups is 1. The van der Waals surface area contributed by atoms with Gasteiger partial charge in [0.25, 0.3) is 5.56 Å². The van der Waals surface area contributed by atoms with E-state index in [1.54, 1.807) is 7.11 Å². The Bertz CT molecular complexity index is 1440. The van der Waals surface area contributed by atoms with Crippen molar-refractivity contribution in [1.29, 1.82) is 0 Å². The largest absolute Gasteiger partial charge is 0.497 e. The summed E-state index contributed by atoms with van der Waals surface area (Å²) in [6.45, 7) is 9.18. The number of benzene rings is 3. The Labute approximate surface area is 211 Å². The molecule has 1 aromatic heterocycles. The molecule has 0 saturated carbocycles. The summed E-state index contributed by atoms with van der Waals surface area (Å²) in [4.78, 5) is 18.1. The maximum absolute atomic E-state index is 13.0. The van der Waals surface area contributed by atoms with Crippen LogP contribution in [0.1, 0.15) is 33.4 Å². The van der Waals surface area contributed by atoms with Crippen molar-refractivity contribution in [2.45, 2.75) is 40.8 Å². The molecule has 6 heteroatoms. The number of aryl methyl sites for hydroxylation is 4. The van der Waals surface area contributed by atoms with Crippen LogP contribution in [0, 0.1) is 27.7 Å². The number of methoxy groups -OCH3 is 1. The number of hydrogen-bond acceptors (Lipinski definition) is 3. The van der Waals surface area contributed by atoms with E-state index in [1.807, 2.05) is 47.4 Å². The number of aromatic nitrogens is 1. The van der Waals surface area contributed by atoms with Gasteiger partial charge in [-0.05, 0) is 104 Å². The third-order valence-electron chi connectivity index (χ3n) is 6.34. The summed E-state index contributed by atoms with van der Waals surface area (Å²) in [6.07, 6.45) is 0. The lowest BCUT2D eigenvalue weighted by Crippen LogP contribution is -2.35. The maximum Gasteiger partial charge on any atom is 0.253 e. The topological polar surface area (TPSA) is 57.4 Å². The number of aromatic amines is 1. The first kappa shape index (κ1) is 24.5. The zero-order chi connectivity index (χ0) is 25.1. The van der Waals surface area contributed by atoms with Crippen molar-refractivity contribution in [3.8, 4) is 5.75 Å². The first-order valence-corrected chi connectivity index (χ1v) is 12.0. The summed E-state index contributed by atoms with van der Waals surface area (Å²) in [5, 5.41) is 4.97. The van der Waals surface area contributed by atoms with Crippen LogP contribution in [0.15, 0.2) is 65.5 Å². The lowest BCUT2D eigenvalue weighted by molar-refractivity contribution is 0.406. The van der Waals surface area contributed by atoms with Crippen molar-refractivity contribution in [1.82, 2.24) is 9.88 Å². The number of nitrogens with one attached hydrogen (secondary N) is 2. The molecule has 0 unspecified atom stereocenters. The number of rotatable bonds is 6. The fraction of sp³-hybridized carbons (Fsp3) is 0.241. The van der Waals surface area contributed by atoms with E-state index in [1.165, 1.54) is 11.1 Å². The minimum atomic E-state index is -0.102. The molecule has 180 valence electrons. The monoisotopic (exact) mass is 485 g/mol. The first-order valence-electron chi connectivity index (χ1n) is 11.6. The molecule has 1 heterocycles. The molecular weight excluding hydrogens is 454 g/mol. The Morgan fingerprint density at radius 1 is 0.914 bits per heavy atom. The molecular formula is C29H31N3O2S. The van der Waals surface area contributed by atoms with E-state index >= 15 is 0 Å². The molecule has 0 bridgehead atoms. The molecule has 0 aliphatic carbocycles. The number of nitrogens with zero attached hydrogens (tertiary/aromatic N) is 1. The molecule has 0 radical (unpaired) electrons. The van der Waals surface area contributed by atoms with Gasteiger partial charge in [-0.2, -0.15) is 0 Å². The van der Waals surface area contributed by atoms with E-state index in [0.29, 0.717) is 23.8 Å². The predicted octanol–water partition coefficient (Wildman–Crippen LogP) is 6.17. The fourth-order valence-electron chi connectivity index (χ4n) is 4.14. The van der Waals surface area contributed by atoms with Gasteiger partial charge in [0.2, 0.25) is 0 Å². The van der Waals surface area contributed by atoms with Gasteiger partial charge >= 0.3 is 0 Å². The normalized spacial score (nSPS) is 10.9. The van der Waals surface area contributed by atoms with Crippen LogP contribution in [0.3, 0.4) is 0 Å². The Morgan fingerprint density at radius 3 is 2.31 bits per heavy atom. The first-order chi connectivity index (χ1) is 16.7. The number of pyridine rings is 1. The molecule has 4 aromatic rings. The predicted molar refractivity (Wildman–Crippen MR) is 148 cm³/mol. The summed E-state index contributed by atoms with van der Waals surface area (Å²) in [7, 11) is 1.65. The van der Waals surface area contributed by atoms with Crippen molar-refractivity contribution < 1.29 is 4.74 Å².